The van der Waals surface area contributed by atoms with Gasteiger partial charge in [-0.1, -0.05) is 35.3 Å². The summed E-state index contributed by atoms with van der Waals surface area (Å²) in [5.41, 5.74) is 4.28. The number of phenols is 1. The lowest BCUT2D eigenvalue weighted by Crippen LogP contribution is -2.13. The van der Waals surface area contributed by atoms with Gasteiger partial charge >= 0.3 is 0 Å². The molecule has 0 aliphatic carbocycles. The Morgan fingerprint density at radius 1 is 0.721 bits per heavy atom. The Bertz CT molecular complexity index is 1580. The van der Waals surface area contributed by atoms with E-state index >= 15 is 0 Å². The van der Waals surface area contributed by atoms with Gasteiger partial charge in [0.25, 0.3) is 0 Å². The second-order valence-corrected chi connectivity index (χ2v) is 13.8. The van der Waals surface area contributed by atoms with E-state index in [-0.39, 0.29) is 17.6 Å². The van der Waals surface area contributed by atoms with Crippen molar-refractivity contribution in [2.75, 3.05) is 47.4 Å². The van der Waals surface area contributed by atoms with Gasteiger partial charge < -0.3 is 19.6 Å². The maximum Gasteiger partial charge on any atom is 0.123 e. The van der Waals surface area contributed by atoms with Crippen LogP contribution in [0.3, 0.4) is 0 Å². The molecule has 4 heterocycles. The largest absolute Gasteiger partial charge is 0.508 e. The summed E-state index contributed by atoms with van der Waals surface area (Å²) in [7, 11) is 5.93. The number of halogens is 4. The van der Waals surface area contributed by atoms with Gasteiger partial charge in [0.1, 0.15) is 11.5 Å². The molecule has 4 unspecified atom stereocenters. The Balaban J connectivity index is 0.000000171. The molecular weight excluding hydrogens is 715 g/mol. The number of aromatic hydroxyl groups is 1. The fraction of sp³-hybridized carbons (Fsp3) is 0.333. The van der Waals surface area contributed by atoms with Crippen LogP contribution in [0, 0.1) is 0 Å². The van der Waals surface area contributed by atoms with Crippen molar-refractivity contribution in [1.82, 2.24) is 19.8 Å². The Labute approximate surface area is 280 Å². The molecule has 0 bridgehead atoms. The summed E-state index contributed by atoms with van der Waals surface area (Å²) in [5.74, 6) is 2.24. The molecule has 6 rings (SSSR count). The van der Waals surface area contributed by atoms with E-state index in [1.807, 2.05) is 54.9 Å². The first kappa shape index (κ1) is 32.2. The summed E-state index contributed by atoms with van der Waals surface area (Å²) < 4.78 is 7.63. The topological polar surface area (TPSA) is 61.7 Å². The average molecular weight is 749 g/mol. The smallest absolute Gasteiger partial charge is 0.123 e. The summed E-state index contributed by atoms with van der Waals surface area (Å²) >= 11 is 19.3. The SMILES string of the molecule is CN1CC(c2ccc(Cl)cc2O)C(c2ncccc2Br)C1.COc1cc(Cl)ccc1C1CN(C)CC1c1ncccc1Br. The predicted octanol–water partition coefficient (Wildman–Crippen LogP) is 8.33. The van der Waals surface area contributed by atoms with E-state index in [1.54, 1.807) is 13.2 Å². The monoisotopic (exact) mass is 746 g/mol. The first-order valence-electron chi connectivity index (χ1n) is 14.1. The summed E-state index contributed by atoms with van der Waals surface area (Å²) in [4.78, 5) is 13.7. The number of methoxy groups -OCH3 is 1. The van der Waals surface area contributed by atoms with Gasteiger partial charge in [-0.25, -0.2) is 0 Å². The van der Waals surface area contributed by atoms with Gasteiger partial charge in [-0.15, -0.1) is 0 Å². The molecule has 6 nitrogen and oxygen atoms in total. The molecule has 2 saturated heterocycles. The van der Waals surface area contributed by atoms with Crippen LogP contribution in [-0.2, 0) is 0 Å². The molecule has 2 fully saturated rings. The number of aromatic nitrogens is 2. The van der Waals surface area contributed by atoms with Crippen molar-refractivity contribution in [2.45, 2.75) is 23.7 Å². The van der Waals surface area contributed by atoms with Crippen molar-refractivity contribution < 1.29 is 9.84 Å². The van der Waals surface area contributed by atoms with Crippen LogP contribution < -0.4 is 4.74 Å². The van der Waals surface area contributed by atoms with E-state index in [1.165, 1.54) is 5.56 Å². The Morgan fingerprint density at radius 3 is 1.67 bits per heavy atom. The lowest BCUT2D eigenvalue weighted by molar-refractivity contribution is 0.395. The van der Waals surface area contributed by atoms with Crippen LogP contribution in [0.1, 0.15) is 46.2 Å². The van der Waals surface area contributed by atoms with E-state index in [2.05, 4.69) is 77.9 Å². The number of likely N-dealkylation sites (tertiary alicyclic amines) is 2. The summed E-state index contributed by atoms with van der Waals surface area (Å²) in [5, 5.41) is 11.5. The molecule has 4 aromatic rings. The van der Waals surface area contributed by atoms with Crippen molar-refractivity contribution >= 4 is 55.1 Å². The highest BCUT2D eigenvalue weighted by Crippen LogP contribution is 2.45. The standard InChI is InChI=1S/C17H18BrClN2O.C16H16BrClN2O/c1-21-9-13(12-6-5-11(19)8-16(12)22-2)14(10-21)17-15(18)4-3-7-20-17;1-20-8-12(11-5-4-10(18)7-15(11)21)13(9-20)16-14(17)3-2-6-19-16/h3-8,13-14H,9-10H2,1-2H3;2-7,12-13,21H,8-9H2,1H3. The molecular formula is C33H34Br2Cl2N4O2. The molecule has 0 spiro atoms. The number of pyridine rings is 2. The number of hydrogen-bond acceptors (Lipinski definition) is 6. The molecule has 43 heavy (non-hydrogen) atoms. The summed E-state index contributed by atoms with van der Waals surface area (Å²) in [6, 6.07) is 19.2. The van der Waals surface area contributed by atoms with Crippen LogP contribution in [-0.4, -0.2) is 72.3 Å². The second-order valence-electron chi connectivity index (χ2n) is 11.2. The molecule has 2 aromatic carbocycles. The van der Waals surface area contributed by atoms with E-state index < -0.39 is 0 Å². The van der Waals surface area contributed by atoms with Crippen molar-refractivity contribution in [2.24, 2.45) is 0 Å². The highest BCUT2D eigenvalue weighted by atomic mass is 79.9. The minimum absolute atomic E-state index is 0.207. The minimum Gasteiger partial charge on any atom is -0.508 e. The zero-order valence-corrected chi connectivity index (χ0v) is 28.9. The molecule has 1 N–H and O–H groups in total. The van der Waals surface area contributed by atoms with Gasteiger partial charge in [-0.2, -0.15) is 0 Å². The Hall–Kier alpha value is -2.20. The minimum atomic E-state index is 0.207. The number of benzene rings is 2. The maximum atomic E-state index is 10.2. The Kier molecular flexibility index (Phi) is 10.7. The van der Waals surface area contributed by atoms with Gasteiger partial charge in [0, 0.05) is 81.2 Å². The van der Waals surface area contributed by atoms with Gasteiger partial charge in [-0.3, -0.25) is 9.97 Å². The van der Waals surface area contributed by atoms with Crippen LogP contribution in [0.4, 0.5) is 0 Å². The van der Waals surface area contributed by atoms with Gasteiger partial charge in [-0.05, 0) is 106 Å². The third-order valence-electron chi connectivity index (χ3n) is 8.27. The number of rotatable bonds is 5. The molecule has 0 saturated carbocycles. The molecule has 2 aromatic heterocycles. The highest BCUT2D eigenvalue weighted by molar-refractivity contribution is 9.10. The average Bonchev–Trinajstić information content (AvgIpc) is 3.56. The summed E-state index contributed by atoms with van der Waals surface area (Å²) in [6.07, 6.45) is 3.67. The zero-order valence-electron chi connectivity index (χ0n) is 24.2. The van der Waals surface area contributed by atoms with E-state index in [0.717, 1.165) is 57.8 Å². The van der Waals surface area contributed by atoms with Crippen LogP contribution in [0.25, 0.3) is 0 Å². The maximum absolute atomic E-state index is 10.2. The third-order valence-corrected chi connectivity index (χ3v) is 10.1. The quantitative estimate of drug-likeness (QED) is 0.222. The van der Waals surface area contributed by atoms with Crippen LogP contribution >= 0.6 is 55.1 Å². The van der Waals surface area contributed by atoms with Gasteiger partial charge in [0.15, 0.2) is 0 Å². The molecule has 0 radical (unpaired) electrons. The number of ether oxygens (including phenoxy) is 1. The number of likely N-dealkylation sites (N-methyl/N-ethyl adjacent to an activating group) is 2. The lowest BCUT2D eigenvalue weighted by Gasteiger charge is -2.21. The molecule has 226 valence electrons. The van der Waals surface area contributed by atoms with Gasteiger partial charge in [0.05, 0.1) is 18.5 Å². The molecule has 10 heteroatoms. The number of phenolic OH excluding ortho intramolecular Hbond substituents is 1. The molecule has 4 atom stereocenters. The molecule has 0 amide bonds. The number of nitrogens with zero attached hydrogens (tertiary/aromatic N) is 4. The second kappa shape index (κ2) is 14.3. The van der Waals surface area contributed by atoms with Gasteiger partial charge in [0.2, 0.25) is 0 Å². The first-order chi connectivity index (χ1) is 20.7. The van der Waals surface area contributed by atoms with Crippen LogP contribution in [0.2, 0.25) is 10.0 Å². The van der Waals surface area contributed by atoms with Crippen LogP contribution in [0.15, 0.2) is 82.0 Å². The molecule has 2 aliphatic heterocycles. The first-order valence-corrected chi connectivity index (χ1v) is 16.4. The van der Waals surface area contributed by atoms with E-state index in [0.29, 0.717) is 21.9 Å². The molecule has 2 aliphatic rings. The number of hydrogen-bond donors (Lipinski definition) is 1. The Morgan fingerprint density at radius 2 is 1.19 bits per heavy atom. The van der Waals surface area contributed by atoms with E-state index in [4.69, 9.17) is 27.9 Å². The van der Waals surface area contributed by atoms with Crippen molar-refractivity contribution in [3.05, 3.63) is 115 Å². The van der Waals surface area contributed by atoms with Crippen LogP contribution in [0.5, 0.6) is 11.5 Å². The van der Waals surface area contributed by atoms with Crippen molar-refractivity contribution in [1.29, 1.82) is 0 Å². The van der Waals surface area contributed by atoms with Crippen molar-refractivity contribution in [3.63, 3.8) is 0 Å². The van der Waals surface area contributed by atoms with Crippen molar-refractivity contribution in [3.8, 4) is 11.5 Å². The van der Waals surface area contributed by atoms with E-state index in [9.17, 15) is 5.11 Å². The normalized spacial score (nSPS) is 22.3. The predicted molar refractivity (Wildman–Crippen MR) is 181 cm³/mol. The zero-order chi connectivity index (χ0) is 30.7. The lowest BCUT2D eigenvalue weighted by atomic mass is 9.86. The summed E-state index contributed by atoms with van der Waals surface area (Å²) in [6.45, 7) is 3.77. The fourth-order valence-electron chi connectivity index (χ4n) is 6.35. The fourth-order valence-corrected chi connectivity index (χ4v) is 7.78. The third kappa shape index (κ3) is 7.38. The highest BCUT2D eigenvalue weighted by Gasteiger charge is 2.37.